The number of anilines is 2. The molecule has 0 atom stereocenters. The summed E-state index contributed by atoms with van der Waals surface area (Å²) < 4.78 is 10.5. The first kappa shape index (κ1) is 16.0. The van der Waals surface area contributed by atoms with Gasteiger partial charge in [-0.1, -0.05) is 17.7 Å². The predicted octanol–water partition coefficient (Wildman–Crippen LogP) is 3.96. The van der Waals surface area contributed by atoms with E-state index in [4.69, 9.17) is 21.1 Å². The lowest BCUT2D eigenvalue weighted by Gasteiger charge is -2.12. The topological polar surface area (TPSA) is 73.3 Å². The lowest BCUT2D eigenvalue weighted by atomic mass is 10.2. The molecule has 7 heteroatoms. The van der Waals surface area contributed by atoms with Crippen LogP contribution in [0.25, 0.3) is 10.9 Å². The van der Waals surface area contributed by atoms with Crippen LogP contribution in [-0.4, -0.2) is 23.0 Å². The molecular weight excluding hydrogens is 330 g/mol. The van der Waals surface area contributed by atoms with Gasteiger partial charge in [0.2, 0.25) is 0 Å². The molecule has 0 aliphatic heterocycles. The van der Waals surface area contributed by atoms with E-state index < -0.39 is 5.97 Å². The maximum Gasteiger partial charge on any atom is 0.308 e. The Balaban J connectivity index is 2.09. The molecule has 0 radical (unpaired) electrons. The van der Waals surface area contributed by atoms with Crippen LogP contribution in [0.5, 0.6) is 11.5 Å². The second-order valence-electron chi connectivity index (χ2n) is 4.97. The molecule has 1 heterocycles. The zero-order valence-electron chi connectivity index (χ0n) is 13.0. The number of benzene rings is 2. The monoisotopic (exact) mass is 343 g/mol. The zero-order chi connectivity index (χ0) is 17.1. The number of carbonyl (C=O) groups excluding carboxylic acids is 1. The van der Waals surface area contributed by atoms with Crippen LogP contribution in [0.2, 0.25) is 5.02 Å². The number of nitrogens with zero attached hydrogens (tertiary/aromatic N) is 2. The highest BCUT2D eigenvalue weighted by atomic mass is 35.5. The van der Waals surface area contributed by atoms with Gasteiger partial charge in [-0.3, -0.25) is 4.79 Å². The number of rotatable bonds is 4. The molecule has 1 aromatic heterocycles. The van der Waals surface area contributed by atoms with E-state index in [-0.39, 0.29) is 0 Å². The van der Waals surface area contributed by atoms with E-state index in [1.165, 1.54) is 20.4 Å². The van der Waals surface area contributed by atoms with Crippen LogP contribution < -0.4 is 14.8 Å². The van der Waals surface area contributed by atoms with Crippen LogP contribution in [0.3, 0.4) is 0 Å². The summed E-state index contributed by atoms with van der Waals surface area (Å²) in [5.74, 6) is 0.860. The van der Waals surface area contributed by atoms with Crippen LogP contribution in [0.4, 0.5) is 11.5 Å². The summed E-state index contributed by atoms with van der Waals surface area (Å²) in [7, 11) is 1.50. The first-order valence-corrected chi connectivity index (χ1v) is 7.48. The van der Waals surface area contributed by atoms with E-state index in [2.05, 4.69) is 15.3 Å². The second kappa shape index (κ2) is 6.72. The van der Waals surface area contributed by atoms with Crippen molar-refractivity contribution in [2.75, 3.05) is 12.4 Å². The minimum absolute atomic E-state index is 0.307. The lowest BCUT2D eigenvalue weighted by Crippen LogP contribution is -2.04. The number of halogens is 1. The fraction of sp³-hybridized carbons (Fsp3) is 0.118. The Bertz CT molecular complexity index is 915. The first-order valence-electron chi connectivity index (χ1n) is 7.10. The van der Waals surface area contributed by atoms with Crippen molar-refractivity contribution in [2.45, 2.75) is 6.92 Å². The Labute approximate surface area is 143 Å². The summed E-state index contributed by atoms with van der Waals surface area (Å²) in [5, 5.41) is 4.49. The van der Waals surface area contributed by atoms with Crippen LogP contribution in [0.15, 0.2) is 42.7 Å². The van der Waals surface area contributed by atoms with Crippen molar-refractivity contribution in [1.82, 2.24) is 9.97 Å². The van der Waals surface area contributed by atoms with Gasteiger partial charge in [0.15, 0.2) is 11.5 Å². The average molecular weight is 344 g/mol. The molecular formula is C17H14ClN3O3. The fourth-order valence-corrected chi connectivity index (χ4v) is 2.45. The van der Waals surface area contributed by atoms with Crippen LogP contribution in [0, 0.1) is 0 Å². The third-order valence-corrected chi connectivity index (χ3v) is 3.50. The lowest BCUT2D eigenvalue weighted by molar-refractivity contribution is -0.132. The van der Waals surface area contributed by atoms with Gasteiger partial charge >= 0.3 is 5.97 Å². The summed E-state index contributed by atoms with van der Waals surface area (Å²) in [5.41, 5.74) is 1.44. The van der Waals surface area contributed by atoms with Crippen LogP contribution >= 0.6 is 11.6 Å². The van der Waals surface area contributed by atoms with Gasteiger partial charge in [-0.15, -0.1) is 0 Å². The molecule has 0 saturated carbocycles. The number of esters is 1. The average Bonchev–Trinajstić information content (AvgIpc) is 2.54. The first-order chi connectivity index (χ1) is 11.6. The molecule has 6 nitrogen and oxygen atoms in total. The Morgan fingerprint density at radius 2 is 2.00 bits per heavy atom. The number of methoxy groups -OCH3 is 1. The van der Waals surface area contributed by atoms with Crippen molar-refractivity contribution in [3.63, 3.8) is 0 Å². The standard InChI is InChI=1S/C17H14ClN3O3/c1-10(22)24-16-7-13-14(8-15(16)23-2)19-9-20-17(13)21-12-5-3-4-11(18)6-12/h3-9H,1-2H3,(H,19,20,21). The molecule has 0 aliphatic rings. The van der Waals surface area contributed by atoms with E-state index >= 15 is 0 Å². The van der Waals surface area contributed by atoms with E-state index in [0.717, 1.165) is 5.69 Å². The highest BCUT2D eigenvalue weighted by Crippen LogP contribution is 2.34. The van der Waals surface area contributed by atoms with Gasteiger partial charge in [-0.25, -0.2) is 9.97 Å². The smallest absolute Gasteiger partial charge is 0.308 e. The van der Waals surface area contributed by atoms with Crippen LogP contribution in [-0.2, 0) is 4.79 Å². The van der Waals surface area contributed by atoms with Gasteiger partial charge in [0.25, 0.3) is 0 Å². The molecule has 0 fully saturated rings. The molecule has 0 unspecified atom stereocenters. The summed E-state index contributed by atoms with van der Waals surface area (Å²) in [6, 6.07) is 10.6. The quantitative estimate of drug-likeness (QED) is 0.571. The van der Waals surface area contributed by atoms with E-state index in [9.17, 15) is 4.79 Å². The maximum atomic E-state index is 11.3. The van der Waals surface area contributed by atoms with Crippen molar-refractivity contribution in [3.8, 4) is 11.5 Å². The minimum Gasteiger partial charge on any atom is -0.493 e. The molecule has 3 rings (SSSR count). The predicted molar refractivity (Wildman–Crippen MR) is 92.1 cm³/mol. The molecule has 1 N–H and O–H groups in total. The molecule has 0 bridgehead atoms. The second-order valence-corrected chi connectivity index (χ2v) is 5.41. The number of nitrogens with one attached hydrogen (secondary N) is 1. The number of hydrogen-bond acceptors (Lipinski definition) is 6. The largest absolute Gasteiger partial charge is 0.493 e. The van der Waals surface area contributed by atoms with Gasteiger partial charge < -0.3 is 14.8 Å². The van der Waals surface area contributed by atoms with Crippen LogP contribution in [0.1, 0.15) is 6.92 Å². The third kappa shape index (κ3) is 3.38. The molecule has 0 spiro atoms. The maximum absolute atomic E-state index is 11.3. The number of fused-ring (bicyclic) bond motifs is 1. The van der Waals surface area contributed by atoms with Gasteiger partial charge in [0.1, 0.15) is 12.1 Å². The van der Waals surface area contributed by atoms with E-state index in [1.54, 1.807) is 24.3 Å². The minimum atomic E-state index is -0.436. The SMILES string of the molecule is COc1cc2ncnc(Nc3cccc(Cl)c3)c2cc1OC(C)=O. The Morgan fingerprint density at radius 1 is 1.17 bits per heavy atom. The molecule has 3 aromatic rings. The van der Waals surface area contributed by atoms with Crippen molar-refractivity contribution >= 4 is 40.0 Å². The molecule has 2 aromatic carbocycles. The number of carbonyl (C=O) groups is 1. The number of aromatic nitrogens is 2. The Kier molecular flexibility index (Phi) is 4.48. The number of ether oxygens (including phenoxy) is 2. The van der Waals surface area contributed by atoms with Crippen molar-refractivity contribution in [1.29, 1.82) is 0 Å². The summed E-state index contributed by atoms with van der Waals surface area (Å²) in [6.45, 7) is 1.33. The Hall–Kier alpha value is -2.86. The van der Waals surface area contributed by atoms with Crippen molar-refractivity contribution in [2.24, 2.45) is 0 Å². The highest BCUT2D eigenvalue weighted by molar-refractivity contribution is 6.30. The molecule has 0 aliphatic carbocycles. The highest BCUT2D eigenvalue weighted by Gasteiger charge is 2.13. The third-order valence-electron chi connectivity index (χ3n) is 3.26. The van der Waals surface area contributed by atoms with Gasteiger partial charge in [0, 0.05) is 29.1 Å². The molecule has 122 valence electrons. The van der Waals surface area contributed by atoms with Crippen molar-refractivity contribution < 1.29 is 14.3 Å². The van der Waals surface area contributed by atoms with Gasteiger partial charge in [0.05, 0.1) is 12.6 Å². The molecule has 24 heavy (non-hydrogen) atoms. The van der Waals surface area contributed by atoms with E-state index in [0.29, 0.717) is 33.2 Å². The van der Waals surface area contributed by atoms with Crippen molar-refractivity contribution in [3.05, 3.63) is 47.7 Å². The van der Waals surface area contributed by atoms with Gasteiger partial charge in [-0.2, -0.15) is 0 Å². The number of hydrogen-bond donors (Lipinski definition) is 1. The van der Waals surface area contributed by atoms with E-state index in [1.807, 2.05) is 12.1 Å². The van der Waals surface area contributed by atoms with Gasteiger partial charge in [-0.05, 0) is 24.3 Å². The molecule has 0 saturated heterocycles. The Morgan fingerprint density at radius 3 is 2.71 bits per heavy atom. The normalized spacial score (nSPS) is 10.5. The summed E-state index contributed by atoms with van der Waals surface area (Å²) in [6.07, 6.45) is 1.44. The zero-order valence-corrected chi connectivity index (χ0v) is 13.8. The fourth-order valence-electron chi connectivity index (χ4n) is 2.26. The summed E-state index contributed by atoms with van der Waals surface area (Å²) >= 11 is 6.00. The summed E-state index contributed by atoms with van der Waals surface area (Å²) in [4.78, 5) is 19.8. The molecule has 0 amide bonds.